The number of rotatable bonds is 6. The molecule has 1 atom stereocenters. The van der Waals surface area contributed by atoms with E-state index in [-0.39, 0.29) is 5.92 Å². The van der Waals surface area contributed by atoms with Crippen molar-refractivity contribution in [3.05, 3.63) is 23.9 Å². The lowest BCUT2D eigenvalue weighted by atomic mass is 10.0. The van der Waals surface area contributed by atoms with Crippen molar-refractivity contribution in [3.8, 4) is 0 Å². The molecule has 0 radical (unpaired) electrons. The van der Waals surface area contributed by atoms with Gasteiger partial charge < -0.3 is 15.3 Å². The molecule has 132 valence electrons. The fraction of sp³-hybridized carbons (Fsp3) is 0.611. The van der Waals surface area contributed by atoms with Gasteiger partial charge in [0, 0.05) is 19.3 Å². The zero-order valence-corrected chi connectivity index (χ0v) is 14.5. The largest absolute Gasteiger partial charge is 0.480 e. The first-order valence-electron chi connectivity index (χ1n) is 8.72. The van der Waals surface area contributed by atoms with Crippen LogP contribution in [-0.4, -0.2) is 41.1 Å². The Balaban J connectivity index is 2.00. The van der Waals surface area contributed by atoms with Crippen molar-refractivity contribution in [2.45, 2.75) is 52.0 Å². The Morgan fingerprint density at radius 2 is 1.88 bits per heavy atom. The zero-order chi connectivity index (χ0) is 17.5. The first-order valence-corrected chi connectivity index (χ1v) is 8.72. The van der Waals surface area contributed by atoms with Crippen LogP contribution in [0.15, 0.2) is 18.3 Å². The molecule has 24 heavy (non-hydrogen) atoms. The van der Waals surface area contributed by atoms with Gasteiger partial charge in [0.05, 0.1) is 5.56 Å². The van der Waals surface area contributed by atoms with Gasteiger partial charge in [-0.15, -0.1) is 0 Å². The van der Waals surface area contributed by atoms with Gasteiger partial charge in [-0.3, -0.25) is 4.79 Å². The van der Waals surface area contributed by atoms with Crippen LogP contribution in [0.3, 0.4) is 0 Å². The summed E-state index contributed by atoms with van der Waals surface area (Å²) in [4.78, 5) is 30.2. The highest BCUT2D eigenvalue weighted by Gasteiger charge is 2.22. The minimum Gasteiger partial charge on any atom is -0.480 e. The van der Waals surface area contributed by atoms with Crippen LogP contribution < -0.4 is 10.2 Å². The molecule has 0 aromatic carbocycles. The van der Waals surface area contributed by atoms with Gasteiger partial charge in [-0.25, -0.2) is 9.78 Å². The second-order valence-corrected chi connectivity index (χ2v) is 6.80. The highest BCUT2D eigenvalue weighted by atomic mass is 16.4. The van der Waals surface area contributed by atoms with E-state index >= 15 is 0 Å². The first-order chi connectivity index (χ1) is 11.5. The molecule has 0 bridgehead atoms. The fourth-order valence-corrected chi connectivity index (χ4v) is 2.94. The number of hydrogen-bond acceptors (Lipinski definition) is 4. The van der Waals surface area contributed by atoms with Crippen molar-refractivity contribution in [3.63, 3.8) is 0 Å². The maximum Gasteiger partial charge on any atom is 0.326 e. The molecule has 0 aliphatic carbocycles. The predicted molar refractivity (Wildman–Crippen MR) is 93.3 cm³/mol. The average molecular weight is 333 g/mol. The van der Waals surface area contributed by atoms with Crippen LogP contribution in [0.25, 0.3) is 0 Å². The number of carbonyl (C=O) groups is 2. The van der Waals surface area contributed by atoms with E-state index in [1.165, 1.54) is 31.9 Å². The number of carboxylic acids is 1. The minimum atomic E-state index is -1.01. The van der Waals surface area contributed by atoms with Crippen LogP contribution >= 0.6 is 0 Å². The number of hydrogen-bond donors (Lipinski definition) is 2. The molecule has 1 saturated heterocycles. The van der Waals surface area contributed by atoms with E-state index in [1.54, 1.807) is 6.07 Å². The van der Waals surface area contributed by atoms with Crippen LogP contribution in [0.1, 0.15) is 56.3 Å². The number of amides is 1. The molecular formula is C18H27N3O3. The Morgan fingerprint density at radius 1 is 1.21 bits per heavy atom. The van der Waals surface area contributed by atoms with Gasteiger partial charge in [0.1, 0.15) is 11.9 Å². The summed E-state index contributed by atoms with van der Waals surface area (Å²) in [6.45, 7) is 5.85. The Kier molecular flexibility index (Phi) is 6.58. The monoisotopic (exact) mass is 333 g/mol. The van der Waals surface area contributed by atoms with Gasteiger partial charge >= 0.3 is 5.97 Å². The molecule has 1 aromatic rings. The molecule has 2 rings (SSSR count). The fourth-order valence-electron chi connectivity index (χ4n) is 2.94. The predicted octanol–water partition coefficient (Wildman–Crippen LogP) is 2.69. The van der Waals surface area contributed by atoms with Crippen LogP contribution in [-0.2, 0) is 4.79 Å². The van der Waals surface area contributed by atoms with Crippen molar-refractivity contribution >= 4 is 17.7 Å². The standard InChI is InChI=1S/C18H27N3O3/c1-13(2)11-15(18(23)24)20-17(22)14-7-8-16(19-12-14)21-9-5-3-4-6-10-21/h7-8,12-13,15H,3-6,9-11H2,1-2H3,(H,20,22)(H,23,24). The molecule has 1 amide bonds. The third-order valence-electron chi connectivity index (χ3n) is 4.25. The van der Waals surface area contributed by atoms with Gasteiger partial charge in [-0.1, -0.05) is 26.7 Å². The van der Waals surface area contributed by atoms with E-state index in [9.17, 15) is 14.7 Å². The average Bonchev–Trinajstić information content (AvgIpc) is 2.83. The van der Waals surface area contributed by atoms with Crippen LogP contribution in [0.5, 0.6) is 0 Å². The number of aliphatic carboxylic acids is 1. The van der Waals surface area contributed by atoms with Crippen LogP contribution in [0, 0.1) is 5.92 Å². The number of nitrogens with zero attached hydrogens (tertiary/aromatic N) is 2. The Morgan fingerprint density at radius 3 is 2.38 bits per heavy atom. The maximum atomic E-state index is 12.3. The summed E-state index contributed by atoms with van der Waals surface area (Å²) in [5.41, 5.74) is 0.392. The van der Waals surface area contributed by atoms with Crippen molar-refractivity contribution in [1.82, 2.24) is 10.3 Å². The normalized spacial score (nSPS) is 16.5. The molecule has 6 heteroatoms. The quantitative estimate of drug-likeness (QED) is 0.836. The summed E-state index contributed by atoms with van der Waals surface area (Å²) in [6.07, 6.45) is 6.77. The summed E-state index contributed by atoms with van der Waals surface area (Å²) in [5.74, 6) is -0.329. The third-order valence-corrected chi connectivity index (χ3v) is 4.25. The zero-order valence-electron chi connectivity index (χ0n) is 14.5. The van der Waals surface area contributed by atoms with Crippen molar-refractivity contribution in [2.75, 3.05) is 18.0 Å². The summed E-state index contributed by atoms with van der Waals surface area (Å²) in [6, 6.07) is 2.69. The molecular weight excluding hydrogens is 306 g/mol. The van der Waals surface area contributed by atoms with Gasteiger partial charge in [-0.05, 0) is 37.3 Å². The molecule has 0 spiro atoms. The Bertz CT molecular complexity index is 549. The summed E-state index contributed by atoms with van der Waals surface area (Å²) >= 11 is 0. The van der Waals surface area contributed by atoms with E-state index in [0.717, 1.165) is 18.9 Å². The number of carboxylic acid groups (broad SMARTS) is 1. The van der Waals surface area contributed by atoms with Crippen molar-refractivity contribution in [1.29, 1.82) is 0 Å². The number of aromatic nitrogens is 1. The van der Waals surface area contributed by atoms with Crippen LogP contribution in [0.4, 0.5) is 5.82 Å². The highest BCUT2D eigenvalue weighted by molar-refractivity contribution is 5.96. The second-order valence-electron chi connectivity index (χ2n) is 6.80. The lowest BCUT2D eigenvalue weighted by molar-refractivity contribution is -0.139. The SMILES string of the molecule is CC(C)CC(NC(=O)c1ccc(N2CCCCCC2)nc1)C(=O)O. The topological polar surface area (TPSA) is 82.5 Å². The summed E-state index contributed by atoms with van der Waals surface area (Å²) in [5, 5.41) is 11.8. The van der Waals surface area contributed by atoms with E-state index in [2.05, 4.69) is 15.2 Å². The smallest absolute Gasteiger partial charge is 0.326 e. The highest BCUT2D eigenvalue weighted by Crippen LogP contribution is 2.17. The molecule has 1 fully saturated rings. The summed E-state index contributed by atoms with van der Waals surface area (Å²) in [7, 11) is 0. The first kappa shape index (κ1) is 18.2. The lowest BCUT2D eigenvalue weighted by Gasteiger charge is -2.21. The van der Waals surface area contributed by atoms with E-state index in [4.69, 9.17) is 0 Å². The number of pyridine rings is 1. The molecule has 1 unspecified atom stereocenters. The van der Waals surface area contributed by atoms with E-state index in [0.29, 0.717) is 12.0 Å². The van der Waals surface area contributed by atoms with Crippen molar-refractivity contribution < 1.29 is 14.7 Å². The van der Waals surface area contributed by atoms with Gasteiger partial charge in [0.15, 0.2) is 0 Å². The maximum absolute atomic E-state index is 12.3. The lowest BCUT2D eigenvalue weighted by Crippen LogP contribution is -2.41. The molecule has 6 nitrogen and oxygen atoms in total. The molecule has 2 N–H and O–H groups in total. The molecule has 1 aliphatic heterocycles. The van der Waals surface area contributed by atoms with Crippen LogP contribution in [0.2, 0.25) is 0 Å². The Hall–Kier alpha value is -2.11. The van der Waals surface area contributed by atoms with E-state index in [1.807, 2.05) is 19.9 Å². The minimum absolute atomic E-state index is 0.190. The molecule has 1 aromatic heterocycles. The third kappa shape index (κ3) is 5.22. The summed E-state index contributed by atoms with van der Waals surface area (Å²) < 4.78 is 0. The molecule has 1 aliphatic rings. The number of anilines is 1. The number of nitrogens with one attached hydrogen (secondary N) is 1. The van der Waals surface area contributed by atoms with Gasteiger partial charge in [0.2, 0.25) is 0 Å². The van der Waals surface area contributed by atoms with Crippen molar-refractivity contribution in [2.24, 2.45) is 5.92 Å². The van der Waals surface area contributed by atoms with Gasteiger partial charge in [-0.2, -0.15) is 0 Å². The molecule has 2 heterocycles. The number of carbonyl (C=O) groups excluding carboxylic acids is 1. The second kappa shape index (κ2) is 8.66. The van der Waals surface area contributed by atoms with E-state index < -0.39 is 17.9 Å². The Labute approximate surface area is 143 Å². The molecule has 0 saturated carbocycles. The van der Waals surface area contributed by atoms with Gasteiger partial charge in [0.25, 0.3) is 5.91 Å².